The highest BCUT2D eigenvalue weighted by Gasteiger charge is 2.25. The second-order valence-corrected chi connectivity index (χ2v) is 6.53. The van der Waals surface area contributed by atoms with E-state index in [2.05, 4.69) is 9.98 Å². The van der Waals surface area contributed by atoms with Crippen molar-refractivity contribution >= 4 is 11.4 Å². The minimum absolute atomic E-state index is 0.0514. The SMILES string of the molecule is [O-][NH+]1C2=CC=C1C=C1CCC(=CC3=NC(=CC4=NC(=C2)C=C4)C=C3)N1O. The molecule has 5 heterocycles. The summed E-state index contributed by atoms with van der Waals surface area (Å²) in [5.41, 5.74) is 5.79. The highest BCUT2D eigenvalue weighted by Crippen LogP contribution is 2.30. The molecule has 8 bridgehead atoms. The molecule has 0 amide bonds. The van der Waals surface area contributed by atoms with Gasteiger partial charge in [-0.1, -0.05) is 0 Å². The smallest absolute Gasteiger partial charge is 0.138 e. The van der Waals surface area contributed by atoms with Crippen LogP contribution in [0.5, 0.6) is 0 Å². The Bertz CT molecular complexity index is 1010. The fraction of sp³-hybridized carbons (Fsp3) is 0.100. The first kappa shape index (κ1) is 15.2. The monoisotopic (exact) mass is 344 g/mol. The molecule has 0 aromatic carbocycles. The van der Waals surface area contributed by atoms with Crippen molar-refractivity contribution < 1.29 is 10.3 Å². The number of hydroxylamine groups is 4. The summed E-state index contributed by atoms with van der Waals surface area (Å²) in [6.45, 7) is 0. The quantitative estimate of drug-likeness (QED) is 0.662. The van der Waals surface area contributed by atoms with Gasteiger partial charge in [0.05, 0.1) is 28.5 Å². The maximum Gasteiger partial charge on any atom is 0.138 e. The number of quaternary nitrogens is 1. The third kappa shape index (κ3) is 2.57. The lowest BCUT2D eigenvalue weighted by Gasteiger charge is -2.20. The summed E-state index contributed by atoms with van der Waals surface area (Å²) < 4.78 is 0. The fourth-order valence-corrected chi connectivity index (χ4v) is 3.42. The minimum atomic E-state index is -0.0514. The predicted octanol–water partition coefficient (Wildman–Crippen LogP) is 2.21. The minimum Gasteiger partial charge on any atom is -0.623 e. The molecule has 1 saturated heterocycles. The van der Waals surface area contributed by atoms with E-state index >= 15 is 0 Å². The lowest BCUT2D eigenvalue weighted by molar-refractivity contribution is -0.752. The Morgan fingerprint density at radius 1 is 0.808 bits per heavy atom. The van der Waals surface area contributed by atoms with Crippen molar-refractivity contribution in [2.75, 3.05) is 0 Å². The summed E-state index contributed by atoms with van der Waals surface area (Å²) >= 11 is 0. The number of nitrogens with one attached hydrogen (secondary N) is 1. The lowest BCUT2D eigenvalue weighted by atomic mass is 10.2. The van der Waals surface area contributed by atoms with E-state index in [0.29, 0.717) is 29.9 Å². The van der Waals surface area contributed by atoms with Crippen molar-refractivity contribution in [1.29, 1.82) is 0 Å². The lowest BCUT2D eigenvalue weighted by Crippen LogP contribution is -3.01. The van der Waals surface area contributed by atoms with Crippen LogP contribution in [0.4, 0.5) is 0 Å². The summed E-state index contributed by atoms with van der Waals surface area (Å²) in [6.07, 6.45) is 19.9. The summed E-state index contributed by atoms with van der Waals surface area (Å²) in [4.78, 5) is 9.09. The highest BCUT2D eigenvalue weighted by atomic mass is 16.5. The topological polar surface area (TPSA) is 75.7 Å². The van der Waals surface area contributed by atoms with Crippen LogP contribution in [-0.2, 0) is 0 Å². The van der Waals surface area contributed by atoms with Gasteiger partial charge in [0.1, 0.15) is 11.4 Å². The van der Waals surface area contributed by atoms with Gasteiger partial charge in [0.2, 0.25) is 0 Å². The highest BCUT2D eigenvalue weighted by molar-refractivity contribution is 6.10. The van der Waals surface area contributed by atoms with Gasteiger partial charge in [-0.2, -0.15) is 0 Å². The van der Waals surface area contributed by atoms with Gasteiger partial charge in [-0.25, -0.2) is 15.0 Å². The standard InChI is InChI=1S/C20H16N4O2/c25-23-17-5-7-19(23)12-20-8-6-18(24(20)26)11-16-4-2-14(22-16)9-13-1-3-15(10-17)21-13/h1-5,7,9-12,23,26H,6,8H2. The van der Waals surface area contributed by atoms with Crippen LogP contribution >= 0.6 is 0 Å². The van der Waals surface area contributed by atoms with Crippen LogP contribution in [0.15, 0.2) is 105 Å². The molecule has 0 aliphatic carbocycles. The Morgan fingerprint density at radius 3 is 2.12 bits per heavy atom. The number of fused-ring (bicyclic) bond motifs is 6. The normalized spacial score (nSPS) is 26.1. The zero-order valence-corrected chi connectivity index (χ0v) is 13.9. The van der Waals surface area contributed by atoms with Gasteiger partial charge in [0.15, 0.2) is 0 Å². The van der Waals surface area contributed by atoms with Crippen LogP contribution < -0.4 is 5.06 Å². The molecule has 5 aliphatic heterocycles. The van der Waals surface area contributed by atoms with Crippen molar-refractivity contribution in [2.24, 2.45) is 9.98 Å². The molecular weight excluding hydrogens is 328 g/mol. The number of hydrogen-bond donors (Lipinski definition) is 2. The maximum absolute atomic E-state index is 12.6. The van der Waals surface area contributed by atoms with E-state index in [4.69, 9.17) is 0 Å². The van der Waals surface area contributed by atoms with E-state index in [1.54, 1.807) is 24.3 Å². The molecule has 0 radical (unpaired) electrons. The van der Waals surface area contributed by atoms with Crippen molar-refractivity contribution in [3.63, 3.8) is 0 Å². The first-order chi connectivity index (χ1) is 12.7. The van der Waals surface area contributed by atoms with Gasteiger partial charge < -0.3 is 10.3 Å². The Labute approximate surface area is 150 Å². The number of aliphatic imine (C=N–C) groups is 2. The second-order valence-electron chi connectivity index (χ2n) is 6.53. The van der Waals surface area contributed by atoms with Crippen LogP contribution in [0.25, 0.3) is 0 Å². The van der Waals surface area contributed by atoms with Gasteiger partial charge in [-0.15, -0.1) is 0 Å². The first-order valence-electron chi connectivity index (χ1n) is 8.49. The Kier molecular flexibility index (Phi) is 3.36. The van der Waals surface area contributed by atoms with Crippen molar-refractivity contribution in [2.45, 2.75) is 12.8 Å². The van der Waals surface area contributed by atoms with E-state index in [-0.39, 0.29) is 5.06 Å². The third-order valence-corrected chi connectivity index (χ3v) is 4.75. The predicted molar refractivity (Wildman–Crippen MR) is 98.8 cm³/mol. The summed E-state index contributed by atoms with van der Waals surface area (Å²) in [7, 11) is 0. The van der Waals surface area contributed by atoms with Gasteiger partial charge in [-0.3, -0.25) is 5.21 Å². The molecule has 2 N–H and O–H groups in total. The van der Waals surface area contributed by atoms with Gasteiger partial charge >= 0.3 is 0 Å². The van der Waals surface area contributed by atoms with Crippen molar-refractivity contribution in [3.8, 4) is 0 Å². The molecule has 6 heteroatoms. The largest absolute Gasteiger partial charge is 0.623 e. The Balaban J connectivity index is 1.61. The molecule has 0 spiro atoms. The molecule has 5 rings (SSSR count). The van der Waals surface area contributed by atoms with E-state index in [9.17, 15) is 10.4 Å². The van der Waals surface area contributed by atoms with Gasteiger partial charge in [0, 0.05) is 30.0 Å². The zero-order valence-electron chi connectivity index (χ0n) is 13.9. The molecule has 6 nitrogen and oxygen atoms in total. The van der Waals surface area contributed by atoms with Crippen molar-refractivity contribution in [1.82, 2.24) is 5.06 Å². The fourth-order valence-electron chi connectivity index (χ4n) is 3.42. The van der Waals surface area contributed by atoms with Crippen LogP contribution in [0.2, 0.25) is 0 Å². The van der Waals surface area contributed by atoms with Crippen LogP contribution in [0.3, 0.4) is 0 Å². The summed E-state index contributed by atoms with van der Waals surface area (Å²) in [6, 6.07) is 0. The number of allylic oxidation sites excluding steroid dienone is 12. The Hall–Kier alpha value is -3.06. The molecule has 128 valence electrons. The molecular formula is C20H16N4O2. The number of hydrogen-bond acceptors (Lipinski definition) is 5. The molecule has 0 aromatic heterocycles. The molecule has 1 atom stereocenters. The average Bonchev–Trinajstić information content (AvgIpc) is 3.38. The van der Waals surface area contributed by atoms with Crippen LogP contribution in [0, 0.1) is 5.21 Å². The number of rotatable bonds is 0. The molecule has 26 heavy (non-hydrogen) atoms. The molecule has 1 unspecified atom stereocenters. The molecule has 0 saturated carbocycles. The number of nitrogens with zero attached hydrogens (tertiary/aromatic N) is 3. The van der Waals surface area contributed by atoms with E-state index in [0.717, 1.165) is 28.5 Å². The van der Waals surface area contributed by atoms with E-state index in [1.165, 1.54) is 5.06 Å². The molecule has 0 aromatic rings. The Morgan fingerprint density at radius 2 is 1.38 bits per heavy atom. The van der Waals surface area contributed by atoms with Crippen LogP contribution in [-0.4, -0.2) is 21.7 Å². The van der Waals surface area contributed by atoms with Gasteiger partial charge in [0.25, 0.3) is 0 Å². The third-order valence-electron chi connectivity index (χ3n) is 4.75. The van der Waals surface area contributed by atoms with Crippen molar-refractivity contribution in [3.05, 3.63) is 100 Å². The van der Waals surface area contributed by atoms with Crippen LogP contribution in [0.1, 0.15) is 12.8 Å². The molecule has 1 fully saturated rings. The maximum atomic E-state index is 12.6. The van der Waals surface area contributed by atoms with E-state index < -0.39 is 0 Å². The zero-order chi connectivity index (χ0) is 17.7. The van der Waals surface area contributed by atoms with Gasteiger partial charge in [-0.05, 0) is 49.3 Å². The summed E-state index contributed by atoms with van der Waals surface area (Å²) in [5.74, 6) is 0. The molecule has 5 aliphatic rings. The summed E-state index contributed by atoms with van der Waals surface area (Å²) in [5, 5.41) is 24.2. The average molecular weight is 344 g/mol. The van der Waals surface area contributed by atoms with E-state index in [1.807, 2.05) is 36.5 Å². The second kappa shape index (κ2) is 5.74. The first-order valence-corrected chi connectivity index (χ1v) is 8.49.